The van der Waals surface area contributed by atoms with Crippen LogP contribution in [0, 0.1) is 5.41 Å². The molecule has 2 fully saturated rings. The number of carboxylic acids is 1. The van der Waals surface area contributed by atoms with E-state index in [-0.39, 0.29) is 18.9 Å². The number of carboxylic acid groups (broad SMARTS) is 1. The van der Waals surface area contributed by atoms with E-state index in [1.165, 1.54) is 0 Å². The Morgan fingerprint density at radius 2 is 1.70 bits per heavy atom. The molecule has 1 aliphatic carbocycles. The molecule has 0 bridgehead atoms. The summed E-state index contributed by atoms with van der Waals surface area (Å²) in [6.45, 7) is 0.873. The van der Waals surface area contributed by atoms with Crippen LogP contribution in [0.25, 0.3) is 0 Å². The highest BCUT2D eigenvalue weighted by atomic mass is 16.5. The molecule has 114 valence electrons. The lowest BCUT2D eigenvalue weighted by Crippen LogP contribution is -2.55. The van der Waals surface area contributed by atoms with E-state index in [4.69, 9.17) is 4.74 Å². The normalized spacial score (nSPS) is 24.2. The van der Waals surface area contributed by atoms with Crippen molar-refractivity contribution in [2.24, 2.45) is 5.41 Å². The van der Waals surface area contributed by atoms with Crippen molar-refractivity contribution in [2.75, 3.05) is 19.8 Å². The number of nitrogens with one attached hydrogen (secondary N) is 1. The van der Waals surface area contributed by atoms with Crippen LogP contribution in [0.15, 0.2) is 0 Å². The maximum absolute atomic E-state index is 12.2. The van der Waals surface area contributed by atoms with Gasteiger partial charge in [-0.3, -0.25) is 9.59 Å². The number of aliphatic hydroxyl groups excluding tert-OH is 1. The molecule has 0 atom stereocenters. The number of carbonyl (C=O) groups excluding carboxylic acids is 1. The number of carbonyl (C=O) groups is 2. The van der Waals surface area contributed by atoms with Crippen molar-refractivity contribution in [1.82, 2.24) is 5.32 Å². The molecule has 1 heterocycles. The van der Waals surface area contributed by atoms with Gasteiger partial charge in [0.1, 0.15) is 0 Å². The van der Waals surface area contributed by atoms with Crippen molar-refractivity contribution in [3.05, 3.63) is 0 Å². The Labute approximate surface area is 118 Å². The third-order valence-corrected chi connectivity index (χ3v) is 4.67. The molecule has 2 aliphatic rings. The van der Waals surface area contributed by atoms with E-state index >= 15 is 0 Å². The molecule has 0 radical (unpaired) electrons. The average Bonchev–Trinajstić information content (AvgIpc) is 2.89. The number of ether oxygens (including phenoxy) is 1. The van der Waals surface area contributed by atoms with Gasteiger partial charge in [-0.25, -0.2) is 0 Å². The van der Waals surface area contributed by atoms with E-state index in [0.717, 1.165) is 12.8 Å². The molecule has 0 unspecified atom stereocenters. The Kier molecular flexibility index (Phi) is 4.65. The lowest BCUT2D eigenvalue weighted by atomic mass is 9.81. The molecule has 20 heavy (non-hydrogen) atoms. The molecule has 1 saturated carbocycles. The highest BCUT2D eigenvalue weighted by Gasteiger charge is 2.44. The predicted molar refractivity (Wildman–Crippen MR) is 71.2 cm³/mol. The van der Waals surface area contributed by atoms with E-state index in [9.17, 15) is 19.8 Å². The summed E-state index contributed by atoms with van der Waals surface area (Å²) in [5, 5.41) is 21.8. The Balaban J connectivity index is 1.98. The summed E-state index contributed by atoms with van der Waals surface area (Å²) in [7, 11) is 0. The zero-order valence-electron chi connectivity index (χ0n) is 11.7. The number of rotatable bonds is 5. The Morgan fingerprint density at radius 3 is 2.20 bits per heavy atom. The van der Waals surface area contributed by atoms with E-state index in [0.29, 0.717) is 38.9 Å². The molecule has 0 aromatic carbocycles. The quantitative estimate of drug-likeness (QED) is 0.690. The van der Waals surface area contributed by atoms with Gasteiger partial charge in [-0.1, -0.05) is 12.8 Å². The van der Waals surface area contributed by atoms with Gasteiger partial charge in [0.2, 0.25) is 5.91 Å². The van der Waals surface area contributed by atoms with Crippen LogP contribution < -0.4 is 5.32 Å². The monoisotopic (exact) mass is 285 g/mol. The molecule has 1 amide bonds. The summed E-state index contributed by atoms with van der Waals surface area (Å²) >= 11 is 0. The highest BCUT2D eigenvalue weighted by molar-refractivity contribution is 5.85. The third kappa shape index (κ3) is 3.12. The van der Waals surface area contributed by atoms with Gasteiger partial charge in [0.05, 0.1) is 17.6 Å². The molecule has 6 nitrogen and oxygen atoms in total. The van der Waals surface area contributed by atoms with E-state index in [2.05, 4.69) is 5.32 Å². The average molecular weight is 285 g/mol. The van der Waals surface area contributed by atoms with Gasteiger partial charge >= 0.3 is 5.97 Å². The van der Waals surface area contributed by atoms with Gasteiger partial charge in [0.15, 0.2) is 0 Å². The number of aliphatic hydroxyl groups is 1. The molecule has 0 aromatic rings. The van der Waals surface area contributed by atoms with Crippen molar-refractivity contribution in [1.29, 1.82) is 0 Å². The van der Waals surface area contributed by atoms with Gasteiger partial charge in [-0.15, -0.1) is 0 Å². The summed E-state index contributed by atoms with van der Waals surface area (Å²) in [5.74, 6) is -1.15. The van der Waals surface area contributed by atoms with Gasteiger partial charge in [-0.05, 0) is 25.7 Å². The maximum atomic E-state index is 12.2. The fourth-order valence-corrected chi connectivity index (χ4v) is 3.25. The zero-order valence-corrected chi connectivity index (χ0v) is 11.7. The van der Waals surface area contributed by atoms with Gasteiger partial charge in [-0.2, -0.15) is 0 Å². The molecule has 2 rings (SSSR count). The summed E-state index contributed by atoms with van der Waals surface area (Å²) in [5.41, 5.74) is -1.56. The second kappa shape index (κ2) is 6.10. The van der Waals surface area contributed by atoms with Crippen LogP contribution in [0.5, 0.6) is 0 Å². The summed E-state index contributed by atoms with van der Waals surface area (Å²) in [6.07, 6.45) is 3.97. The van der Waals surface area contributed by atoms with Gasteiger partial charge in [0, 0.05) is 19.6 Å². The number of amides is 1. The topological polar surface area (TPSA) is 95.9 Å². The van der Waals surface area contributed by atoms with Crippen LogP contribution in [-0.2, 0) is 14.3 Å². The van der Waals surface area contributed by atoms with E-state index in [1.807, 2.05) is 0 Å². The van der Waals surface area contributed by atoms with Crippen LogP contribution >= 0.6 is 0 Å². The second-order valence-electron chi connectivity index (χ2n) is 6.07. The van der Waals surface area contributed by atoms with Crippen molar-refractivity contribution in [3.8, 4) is 0 Å². The molecular weight excluding hydrogens is 262 g/mol. The first-order chi connectivity index (χ1) is 9.52. The fourth-order valence-electron chi connectivity index (χ4n) is 3.25. The number of aliphatic carboxylic acids is 1. The Bertz CT molecular complexity index is 370. The van der Waals surface area contributed by atoms with Crippen molar-refractivity contribution < 1.29 is 24.5 Å². The zero-order chi connectivity index (χ0) is 14.6. The van der Waals surface area contributed by atoms with E-state index < -0.39 is 16.9 Å². The van der Waals surface area contributed by atoms with Crippen molar-refractivity contribution in [3.63, 3.8) is 0 Å². The van der Waals surface area contributed by atoms with E-state index in [1.54, 1.807) is 0 Å². The first-order valence-electron chi connectivity index (χ1n) is 7.25. The number of hydrogen-bond donors (Lipinski definition) is 3. The molecule has 0 aromatic heterocycles. The van der Waals surface area contributed by atoms with Gasteiger partial charge in [0.25, 0.3) is 0 Å². The Morgan fingerprint density at radius 1 is 1.10 bits per heavy atom. The third-order valence-electron chi connectivity index (χ3n) is 4.67. The molecule has 1 aliphatic heterocycles. The SMILES string of the molecule is O=C(CC1(C(=O)O)CCCC1)NC1(CO)CCOCC1. The fraction of sp³-hybridized carbons (Fsp3) is 0.857. The molecule has 6 heteroatoms. The highest BCUT2D eigenvalue weighted by Crippen LogP contribution is 2.41. The van der Waals surface area contributed by atoms with Crippen LogP contribution in [-0.4, -0.2) is 47.4 Å². The van der Waals surface area contributed by atoms with Crippen LogP contribution in [0.4, 0.5) is 0 Å². The van der Waals surface area contributed by atoms with Crippen LogP contribution in [0.1, 0.15) is 44.9 Å². The lowest BCUT2D eigenvalue weighted by molar-refractivity contribution is -0.152. The molecule has 1 saturated heterocycles. The molecule has 3 N–H and O–H groups in total. The second-order valence-corrected chi connectivity index (χ2v) is 6.07. The Hall–Kier alpha value is -1.14. The maximum Gasteiger partial charge on any atom is 0.310 e. The number of hydrogen-bond acceptors (Lipinski definition) is 4. The molecular formula is C14H23NO5. The predicted octanol–water partition coefficient (Wildman–Crippen LogP) is 0.679. The van der Waals surface area contributed by atoms with Crippen LogP contribution in [0.3, 0.4) is 0 Å². The largest absolute Gasteiger partial charge is 0.481 e. The summed E-state index contributed by atoms with van der Waals surface area (Å²) in [6, 6.07) is 0. The summed E-state index contributed by atoms with van der Waals surface area (Å²) in [4.78, 5) is 23.7. The minimum atomic E-state index is -0.911. The van der Waals surface area contributed by atoms with Gasteiger partial charge < -0.3 is 20.3 Å². The van der Waals surface area contributed by atoms with Crippen molar-refractivity contribution in [2.45, 2.75) is 50.5 Å². The minimum Gasteiger partial charge on any atom is -0.481 e. The van der Waals surface area contributed by atoms with Crippen LogP contribution in [0.2, 0.25) is 0 Å². The first kappa shape index (κ1) is 15.3. The minimum absolute atomic E-state index is 0.00490. The van der Waals surface area contributed by atoms with Crippen molar-refractivity contribution >= 4 is 11.9 Å². The first-order valence-corrected chi connectivity index (χ1v) is 7.25. The summed E-state index contributed by atoms with van der Waals surface area (Å²) < 4.78 is 5.24. The smallest absolute Gasteiger partial charge is 0.310 e. The standard InChI is InChI=1S/C14H23NO5/c16-10-14(5-7-20-8-6-14)15-11(17)9-13(12(18)19)3-1-2-4-13/h16H,1-10H2,(H,15,17)(H,18,19). The lowest BCUT2D eigenvalue weighted by Gasteiger charge is -2.37. The molecule has 0 spiro atoms.